The highest BCUT2D eigenvalue weighted by molar-refractivity contribution is 7.98. The summed E-state index contributed by atoms with van der Waals surface area (Å²) in [7, 11) is 0. The average Bonchev–Trinajstić information content (AvgIpc) is 3.33. The van der Waals surface area contributed by atoms with Crippen LogP contribution in [0.1, 0.15) is 41.3 Å². The van der Waals surface area contributed by atoms with Crippen LogP contribution in [0.15, 0.2) is 40.9 Å². The van der Waals surface area contributed by atoms with Crippen molar-refractivity contribution in [1.29, 1.82) is 0 Å². The molecule has 1 aromatic carbocycles. The smallest absolute Gasteiger partial charge is 0.261 e. The number of nitrogens with zero attached hydrogens (tertiary/aromatic N) is 3. The van der Waals surface area contributed by atoms with Gasteiger partial charge in [-0.3, -0.25) is 4.79 Å². The average molecular weight is 429 g/mol. The highest BCUT2D eigenvalue weighted by Crippen LogP contribution is 2.28. The van der Waals surface area contributed by atoms with Crippen LogP contribution in [0.5, 0.6) is 0 Å². The molecule has 0 bridgehead atoms. The number of benzene rings is 1. The lowest BCUT2D eigenvalue weighted by atomic mass is 10.0. The number of thioether (sulfide) groups is 1. The number of hydrogen-bond acceptors (Lipinski definition) is 5. The molecule has 0 spiro atoms. The van der Waals surface area contributed by atoms with Crippen molar-refractivity contribution in [3.8, 4) is 11.1 Å². The van der Waals surface area contributed by atoms with Crippen LogP contribution in [0.4, 0.5) is 0 Å². The van der Waals surface area contributed by atoms with Crippen LogP contribution in [-0.2, 0) is 13.0 Å². The van der Waals surface area contributed by atoms with Gasteiger partial charge in [0.25, 0.3) is 5.91 Å². The van der Waals surface area contributed by atoms with E-state index in [-0.39, 0.29) is 5.91 Å². The molecule has 0 radical (unpaired) electrons. The van der Waals surface area contributed by atoms with Crippen molar-refractivity contribution in [3.05, 3.63) is 52.0 Å². The van der Waals surface area contributed by atoms with E-state index in [0.717, 1.165) is 46.4 Å². The second kappa shape index (κ2) is 10.1. The predicted octanol–water partition coefficient (Wildman–Crippen LogP) is 5.06. The van der Waals surface area contributed by atoms with Crippen molar-refractivity contribution in [1.82, 2.24) is 20.1 Å². The molecule has 154 valence electrons. The number of thiophene rings is 1. The second-order valence-electron chi connectivity index (χ2n) is 7.50. The lowest BCUT2D eigenvalue weighted by Gasteiger charge is -2.12. The summed E-state index contributed by atoms with van der Waals surface area (Å²) in [5.41, 5.74) is 3.28. The van der Waals surface area contributed by atoms with Gasteiger partial charge in [-0.25, -0.2) is 0 Å². The van der Waals surface area contributed by atoms with Gasteiger partial charge in [-0.05, 0) is 42.5 Å². The molecule has 3 rings (SSSR count). The van der Waals surface area contributed by atoms with Crippen molar-refractivity contribution < 1.29 is 4.79 Å². The summed E-state index contributed by atoms with van der Waals surface area (Å²) in [6.07, 6.45) is 3.66. The summed E-state index contributed by atoms with van der Waals surface area (Å²) >= 11 is 3.11. The molecule has 3 aromatic rings. The molecule has 0 aliphatic heterocycles. The Labute approximate surface area is 180 Å². The van der Waals surface area contributed by atoms with E-state index in [0.29, 0.717) is 12.5 Å². The van der Waals surface area contributed by atoms with E-state index in [9.17, 15) is 4.79 Å². The molecule has 0 saturated carbocycles. The minimum atomic E-state index is -0.0102. The predicted molar refractivity (Wildman–Crippen MR) is 122 cm³/mol. The van der Waals surface area contributed by atoms with Crippen LogP contribution in [0.2, 0.25) is 0 Å². The Kier molecular flexibility index (Phi) is 7.50. The molecular weight excluding hydrogens is 400 g/mol. The highest BCUT2D eigenvalue weighted by Gasteiger charge is 2.15. The van der Waals surface area contributed by atoms with Crippen molar-refractivity contribution in [2.24, 2.45) is 5.92 Å². The van der Waals surface area contributed by atoms with Crippen LogP contribution in [0.3, 0.4) is 0 Å². The van der Waals surface area contributed by atoms with E-state index in [1.165, 1.54) is 16.9 Å². The van der Waals surface area contributed by atoms with Gasteiger partial charge in [0.2, 0.25) is 0 Å². The first-order valence-corrected chi connectivity index (χ1v) is 12.0. The van der Waals surface area contributed by atoms with Gasteiger partial charge in [0, 0.05) is 25.1 Å². The molecule has 0 aliphatic carbocycles. The minimum Gasteiger partial charge on any atom is -0.351 e. The van der Waals surface area contributed by atoms with Gasteiger partial charge in [-0.1, -0.05) is 55.4 Å². The van der Waals surface area contributed by atoms with Crippen LogP contribution >= 0.6 is 23.1 Å². The maximum absolute atomic E-state index is 12.7. The third-order valence-corrected chi connectivity index (χ3v) is 6.20. The zero-order chi connectivity index (χ0) is 20.8. The number of aromatic nitrogens is 3. The van der Waals surface area contributed by atoms with Gasteiger partial charge in [-0.15, -0.1) is 21.5 Å². The number of carbonyl (C=O) groups excluding carboxylic acids is 1. The number of rotatable bonds is 9. The molecule has 0 aliphatic rings. The zero-order valence-corrected chi connectivity index (χ0v) is 19.1. The maximum atomic E-state index is 12.7. The van der Waals surface area contributed by atoms with Gasteiger partial charge in [0.15, 0.2) is 5.16 Å². The topological polar surface area (TPSA) is 59.8 Å². The van der Waals surface area contributed by atoms with Crippen LogP contribution < -0.4 is 5.32 Å². The Balaban J connectivity index is 1.57. The monoisotopic (exact) mass is 428 g/mol. The van der Waals surface area contributed by atoms with Crippen LogP contribution in [0.25, 0.3) is 11.1 Å². The summed E-state index contributed by atoms with van der Waals surface area (Å²) in [4.78, 5) is 13.5. The minimum absolute atomic E-state index is 0.0102. The quantitative estimate of drug-likeness (QED) is 0.382. The van der Waals surface area contributed by atoms with Gasteiger partial charge in [0.1, 0.15) is 5.82 Å². The summed E-state index contributed by atoms with van der Waals surface area (Å²) in [5, 5.41) is 14.6. The standard InChI is InChI=1S/C22H28N4OS2/c1-15(2)14-26-19(24-25-22(26)28-4)6-5-12-23-21(27)20-18(11-13-29-20)17-9-7-16(3)8-10-17/h7-11,13,15H,5-6,12,14H2,1-4H3,(H,23,27). The van der Waals surface area contributed by atoms with Gasteiger partial charge in [-0.2, -0.15) is 0 Å². The van der Waals surface area contributed by atoms with E-state index >= 15 is 0 Å². The normalized spacial score (nSPS) is 11.2. The maximum Gasteiger partial charge on any atom is 0.261 e. The third-order valence-electron chi connectivity index (χ3n) is 4.62. The van der Waals surface area contributed by atoms with Crippen molar-refractivity contribution in [2.75, 3.05) is 12.8 Å². The molecule has 0 unspecified atom stereocenters. The molecule has 2 aromatic heterocycles. The highest BCUT2D eigenvalue weighted by atomic mass is 32.2. The number of nitrogens with one attached hydrogen (secondary N) is 1. The third kappa shape index (κ3) is 5.48. The fourth-order valence-electron chi connectivity index (χ4n) is 3.18. The molecule has 0 saturated heterocycles. The molecule has 2 heterocycles. The van der Waals surface area contributed by atoms with Crippen molar-refractivity contribution >= 4 is 29.0 Å². The van der Waals surface area contributed by atoms with Crippen molar-refractivity contribution in [2.45, 2.75) is 45.3 Å². The number of hydrogen-bond donors (Lipinski definition) is 1. The zero-order valence-electron chi connectivity index (χ0n) is 17.4. The van der Waals surface area contributed by atoms with Gasteiger partial charge < -0.3 is 9.88 Å². The fraction of sp³-hybridized carbons (Fsp3) is 0.409. The number of aryl methyl sites for hydroxylation is 2. The Hall–Kier alpha value is -2.12. The first-order valence-electron chi connectivity index (χ1n) is 9.88. The summed E-state index contributed by atoms with van der Waals surface area (Å²) in [6, 6.07) is 10.3. The van der Waals surface area contributed by atoms with Gasteiger partial charge in [0.05, 0.1) is 4.88 Å². The lowest BCUT2D eigenvalue weighted by molar-refractivity contribution is 0.0958. The van der Waals surface area contributed by atoms with E-state index in [2.05, 4.69) is 65.1 Å². The SMILES string of the molecule is CSc1nnc(CCCNC(=O)c2sccc2-c2ccc(C)cc2)n1CC(C)C. The molecule has 5 nitrogen and oxygen atoms in total. The first-order chi connectivity index (χ1) is 14.0. The Bertz CT molecular complexity index is 944. The number of amides is 1. The van der Waals surface area contributed by atoms with Crippen molar-refractivity contribution in [3.63, 3.8) is 0 Å². The van der Waals surface area contributed by atoms with Crippen LogP contribution in [0, 0.1) is 12.8 Å². The fourth-order valence-corrected chi connectivity index (χ4v) is 4.53. The second-order valence-corrected chi connectivity index (χ2v) is 9.19. The summed E-state index contributed by atoms with van der Waals surface area (Å²) in [6.45, 7) is 7.99. The van der Waals surface area contributed by atoms with Crippen LogP contribution in [-0.4, -0.2) is 33.5 Å². The molecule has 0 atom stereocenters. The van der Waals surface area contributed by atoms with E-state index in [1.54, 1.807) is 11.8 Å². The lowest BCUT2D eigenvalue weighted by Crippen LogP contribution is -2.24. The summed E-state index contributed by atoms with van der Waals surface area (Å²) in [5.74, 6) is 1.52. The Morgan fingerprint density at radius 1 is 1.21 bits per heavy atom. The largest absolute Gasteiger partial charge is 0.351 e. The Morgan fingerprint density at radius 2 is 1.97 bits per heavy atom. The van der Waals surface area contributed by atoms with Gasteiger partial charge >= 0.3 is 0 Å². The van der Waals surface area contributed by atoms with E-state index in [1.807, 2.05) is 17.7 Å². The summed E-state index contributed by atoms with van der Waals surface area (Å²) < 4.78 is 2.20. The molecule has 1 amide bonds. The Morgan fingerprint density at radius 3 is 2.66 bits per heavy atom. The molecule has 0 fully saturated rings. The molecule has 7 heteroatoms. The van der Waals surface area contributed by atoms with E-state index in [4.69, 9.17) is 0 Å². The number of carbonyl (C=O) groups is 1. The molecule has 1 N–H and O–H groups in total. The van der Waals surface area contributed by atoms with E-state index < -0.39 is 0 Å². The molecular formula is C22H28N4OS2. The first kappa shape index (κ1) is 21.6. The molecule has 29 heavy (non-hydrogen) atoms.